The Labute approximate surface area is 109 Å². The van der Waals surface area contributed by atoms with Crippen molar-refractivity contribution >= 4 is 27.5 Å². The molecule has 0 saturated heterocycles. The van der Waals surface area contributed by atoms with Crippen molar-refractivity contribution in [1.82, 2.24) is 9.97 Å². The Morgan fingerprint density at radius 3 is 2.56 bits per heavy atom. The first-order valence-electron chi connectivity index (χ1n) is 4.96. The Kier molecular flexibility index (Phi) is 3.42. The van der Waals surface area contributed by atoms with Crippen LogP contribution in [-0.2, 0) is 0 Å². The molecular weight excluding hydrogens is 302 g/mol. The molecule has 0 aliphatic heterocycles. The number of anilines is 1. The van der Waals surface area contributed by atoms with Crippen LogP contribution < -0.4 is 16.6 Å². The van der Waals surface area contributed by atoms with Crippen molar-refractivity contribution in [3.05, 3.63) is 61.3 Å². The zero-order chi connectivity index (χ0) is 13.1. The van der Waals surface area contributed by atoms with Crippen LogP contribution in [-0.4, -0.2) is 15.9 Å². The maximum Gasteiger partial charge on any atom is 0.326 e. The molecule has 6 nitrogen and oxygen atoms in total. The Morgan fingerprint density at radius 2 is 1.89 bits per heavy atom. The average Bonchev–Trinajstić information content (AvgIpc) is 2.31. The second kappa shape index (κ2) is 5.01. The molecule has 0 atom stereocenters. The molecule has 1 amide bonds. The Morgan fingerprint density at radius 1 is 1.17 bits per heavy atom. The summed E-state index contributed by atoms with van der Waals surface area (Å²) in [5, 5.41) is 2.57. The van der Waals surface area contributed by atoms with Gasteiger partial charge in [-0.3, -0.25) is 14.6 Å². The average molecular weight is 310 g/mol. The molecule has 2 rings (SSSR count). The van der Waals surface area contributed by atoms with Crippen LogP contribution in [0.4, 0.5) is 5.69 Å². The second-order valence-corrected chi connectivity index (χ2v) is 4.29. The van der Waals surface area contributed by atoms with E-state index in [0.717, 1.165) is 6.07 Å². The van der Waals surface area contributed by atoms with E-state index in [9.17, 15) is 14.4 Å². The third-order valence-electron chi connectivity index (χ3n) is 2.13. The first-order chi connectivity index (χ1) is 8.56. The molecule has 1 heterocycles. The third-order valence-corrected chi connectivity index (χ3v) is 2.82. The number of carbonyl (C=O) groups excluding carboxylic acids is 1. The molecule has 1 aromatic heterocycles. The first kappa shape index (κ1) is 12.3. The number of halogens is 1. The van der Waals surface area contributed by atoms with E-state index in [4.69, 9.17) is 0 Å². The summed E-state index contributed by atoms with van der Waals surface area (Å²) in [6.07, 6.45) is 0. The van der Waals surface area contributed by atoms with Gasteiger partial charge in [0.1, 0.15) is 5.69 Å². The highest BCUT2D eigenvalue weighted by Gasteiger charge is 2.09. The summed E-state index contributed by atoms with van der Waals surface area (Å²) in [5.74, 6) is -0.565. The molecule has 0 unspecified atom stereocenters. The normalized spacial score (nSPS) is 10.1. The van der Waals surface area contributed by atoms with Crippen molar-refractivity contribution in [3.63, 3.8) is 0 Å². The molecule has 1 aromatic carbocycles. The van der Waals surface area contributed by atoms with E-state index < -0.39 is 17.2 Å². The number of hydrogen-bond acceptors (Lipinski definition) is 3. The van der Waals surface area contributed by atoms with Crippen molar-refractivity contribution in [2.45, 2.75) is 0 Å². The van der Waals surface area contributed by atoms with E-state index in [2.05, 4.69) is 26.2 Å². The number of H-pyrrole nitrogens is 2. The van der Waals surface area contributed by atoms with Gasteiger partial charge < -0.3 is 10.3 Å². The number of carbonyl (C=O) groups is 1. The van der Waals surface area contributed by atoms with Crippen LogP contribution in [0.3, 0.4) is 0 Å². The van der Waals surface area contributed by atoms with Crippen LogP contribution in [0, 0.1) is 0 Å². The fourth-order valence-electron chi connectivity index (χ4n) is 1.34. The number of aromatic amines is 2. The molecule has 3 N–H and O–H groups in total. The van der Waals surface area contributed by atoms with E-state index in [1.165, 1.54) is 0 Å². The van der Waals surface area contributed by atoms with Crippen LogP contribution in [0.15, 0.2) is 44.4 Å². The van der Waals surface area contributed by atoms with Gasteiger partial charge in [0.25, 0.3) is 11.5 Å². The molecule has 0 aliphatic rings. The lowest BCUT2D eigenvalue weighted by Crippen LogP contribution is -2.27. The summed E-state index contributed by atoms with van der Waals surface area (Å²) in [7, 11) is 0. The summed E-state index contributed by atoms with van der Waals surface area (Å²) in [6.45, 7) is 0. The molecule has 0 fully saturated rings. The number of aromatic nitrogens is 2. The number of nitrogens with one attached hydrogen (secondary N) is 3. The van der Waals surface area contributed by atoms with Crippen molar-refractivity contribution in [2.24, 2.45) is 0 Å². The van der Waals surface area contributed by atoms with E-state index in [0.29, 0.717) is 10.2 Å². The lowest BCUT2D eigenvalue weighted by Gasteiger charge is -2.06. The van der Waals surface area contributed by atoms with E-state index in [1.54, 1.807) is 24.3 Å². The largest absolute Gasteiger partial charge is 0.326 e. The van der Waals surface area contributed by atoms with Crippen LogP contribution in [0.25, 0.3) is 0 Å². The summed E-state index contributed by atoms with van der Waals surface area (Å²) < 4.78 is 0.700. The Hall–Kier alpha value is -2.15. The monoisotopic (exact) mass is 309 g/mol. The minimum absolute atomic E-state index is 0.0977. The topological polar surface area (TPSA) is 94.8 Å². The van der Waals surface area contributed by atoms with Gasteiger partial charge in [-0.2, -0.15) is 0 Å². The number of amides is 1. The maximum absolute atomic E-state index is 11.8. The summed E-state index contributed by atoms with van der Waals surface area (Å²) in [6, 6.07) is 8.02. The molecule has 7 heteroatoms. The number of rotatable bonds is 2. The minimum Gasteiger partial charge on any atom is -0.320 e. The quantitative estimate of drug-likeness (QED) is 0.774. The summed E-state index contributed by atoms with van der Waals surface area (Å²) >= 11 is 3.27. The SMILES string of the molecule is O=C(Nc1ccccc1Br)c1cc(=O)[nH]c(=O)[nH]1. The van der Waals surface area contributed by atoms with Gasteiger partial charge in [0.2, 0.25) is 0 Å². The van der Waals surface area contributed by atoms with Gasteiger partial charge >= 0.3 is 5.69 Å². The molecule has 0 aliphatic carbocycles. The molecule has 0 saturated carbocycles. The zero-order valence-electron chi connectivity index (χ0n) is 8.99. The van der Waals surface area contributed by atoms with E-state index >= 15 is 0 Å². The molecular formula is C11H8BrN3O3. The standard InChI is InChI=1S/C11H8BrN3O3/c12-6-3-1-2-4-7(6)13-10(17)8-5-9(16)15-11(18)14-8/h1-5H,(H,13,17)(H2,14,15,16,18). The lowest BCUT2D eigenvalue weighted by molar-refractivity contribution is 0.102. The highest BCUT2D eigenvalue weighted by Crippen LogP contribution is 2.21. The highest BCUT2D eigenvalue weighted by molar-refractivity contribution is 9.10. The summed E-state index contributed by atoms with van der Waals surface area (Å²) in [4.78, 5) is 38.2. The van der Waals surface area contributed by atoms with Gasteiger partial charge in [-0.05, 0) is 28.1 Å². The Bertz CT molecular complexity index is 677. The van der Waals surface area contributed by atoms with Gasteiger partial charge in [0, 0.05) is 10.5 Å². The van der Waals surface area contributed by atoms with Crippen molar-refractivity contribution in [3.8, 4) is 0 Å². The second-order valence-electron chi connectivity index (χ2n) is 3.44. The first-order valence-corrected chi connectivity index (χ1v) is 5.75. The predicted octanol–water partition coefficient (Wildman–Crippen LogP) is 1.08. The zero-order valence-corrected chi connectivity index (χ0v) is 10.6. The molecule has 0 spiro atoms. The molecule has 0 bridgehead atoms. The highest BCUT2D eigenvalue weighted by atomic mass is 79.9. The van der Waals surface area contributed by atoms with Crippen LogP contribution in [0.2, 0.25) is 0 Å². The van der Waals surface area contributed by atoms with Crippen LogP contribution in [0.5, 0.6) is 0 Å². The minimum atomic E-state index is -0.722. The number of benzene rings is 1. The van der Waals surface area contributed by atoms with Gasteiger partial charge in [-0.1, -0.05) is 12.1 Å². The lowest BCUT2D eigenvalue weighted by atomic mass is 10.3. The van der Waals surface area contributed by atoms with Crippen LogP contribution in [0.1, 0.15) is 10.5 Å². The molecule has 18 heavy (non-hydrogen) atoms. The van der Waals surface area contributed by atoms with Gasteiger partial charge in [0.15, 0.2) is 0 Å². The van der Waals surface area contributed by atoms with E-state index in [-0.39, 0.29) is 5.69 Å². The third kappa shape index (κ3) is 2.75. The number of hydrogen-bond donors (Lipinski definition) is 3. The van der Waals surface area contributed by atoms with Gasteiger partial charge in [-0.25, -0.2) is 4.79 Å². The van der Waals surface area contributed by atoms with Gasteiger partial charge in [-0.15, -0.1) is 0 Å². The van der Waals surface area contributed by atoms with Crippen molar-refractivity contribution in [2.75, 3.05) is 5.32 Å². The van der Waals surface area contributed by atoms with Crippen molar-refractivity contribution < 1.29 is 4.79 Å². The molecule has 92 valence electrons. The van der Waals surface area contributed by atoms with E-state index in [1.807, 2.05) is 4.98 Å². The number of para-hydroxylation sites is 1. The summed E-state index contributed by atoms with van der Waals surface area (Å²) in [5.41, 5.74) is -0.904. The fourth-order valence-corrected chi connectivity index (χ4v) is 1.73. The molecule has 2 aromatic rings. The maximum atomic E-state index is 11.8. The van der Waals surface area contributed by atoms with Crippen LogP contribution >= 0.6 is 15.9 Å². The van der Waals surface area contributed by atoms with Crippen molar-refractivity contribution in [1.29, 1.82) is 0 Å². The fraction of sp³-hybridized carbons (Fsp3) is 0. The Balaban J connectivity index is 2.30. The van der Waals surface area contributed by atoms with Gasteiger partial charge in [0.05, 0.1) is 5.69 Å². The predicted molar refractivity (Wildman–Crippen MR) is 69.8 cm³/mol. The smallest absolute Gasteiger partial charge is 0.320 e. The molecule has 0 radical (unpaired) electrons.